The van der Waals surface area contributed by atoms with E-state index in [4.69, 9.17) is 5.73 Å². The van der Waals surface area contributed by atoms with Crippen LogP contribution in [0.15, 0.2) is 12.1 Å². The number of benzene rings is 1. The van der Waals surface area contributed by atoms with Crippen LogP contribution in [-0.4, -0.2) is 12.5 Å². The Hall–Kier alpha value is -1.42. The van der Waals surface area contributed by atoms with Gasteiger partial charge < -0.3 is 11.1 Å². The van der Waals surface area contributed by atoms with E-state index in [0.717, 1.165) is 31.5 Å². The number of halogens is 1. The van der Waals surface area contributed by atoms with Crippen molar-refractivity contribution >= 4 is 5.91 Å². The molecule has 0 aromatic heterocycles. The maximum Gasteiger partial charge on any atom is 0.217 e. The summed E-state index contributed by atoms with van der Waals surface area (Å²) >= 11 is 0. The molecular weight excluding hydrogens is 231 g/mol. The molecule has 0 bridgehead atoms. The van der Waals surface area contributed by atoms with Crippen LogP contribution in [0, 0.1) is 19.7 Å². The van der Waals surface area contributed by atoms with E-state index in [1.807, 2.05) is 12.1 Å². The van der Waals surface area contributed by atoms with Crippen LogP contribution in [0.4, 0.5) is 4.39 Å². The number of rotatable bonds is 7. The Bertz CT molecular complexity index is 395. The van der Waals surface area contributed by atoms with Crippen molar-refractivity contribution in [2.75, 3.05) is 6.54 Å². The smallest absolute Gasteiger partial charge is 0.217 e. The van der Waals surface area contributed by atoms with E-state index >= 15 is 0 Å². The van der Waals surface area contributed by atoms with Crippen molar-refractivity contribution in [3.63, 3.8) is 0 Å². The summed E-state index contributed by atoms with van der Waals surface area (Å²) < 4.78 is 13.4. The van der Waals surface area contributed by atoms with Crippen molar-refractivity contribution in [3.8, 4) is 0 Å². The summed E-state index contributed by atoms with van der Waals surface area (Å²) in [5.41, 5.74) is 7.50. The number of carbonyl (C=O) groups excluding carboxylic acids is 1. The molecule has 100 valence electrons. The third-order valence-electron chi connectivity index (χ3n) is 2.85. The van der Waals surface area contributed by atoms with Gasteiger partial charge in [-0.2, -0.15) is 0 Å². The average molecular weight is 252 g/mol. The Morgan fingerprint density at radius 3 is 2.44 bits per heavy atom. The molecule has 0 aliphatic heterocycles. The van der Waals surface area contributed by atoms with E-state index in [1.165, 1.54) is 0 Å². The fourth-order valence-corrected chi connectivity index (χ4v) is 1.92. The number of carbonyl (C=O) groups is 1. The van der Waals surface area contributed by atoms with Gasteiger partial charge in [-0.05, 0) is 49.9 Å². The molecule has 18 heavy (non-hydrogen) atoms. The van der Waals surface area contributed by atoms with E-state index in [0.29, 0.717) is 17.5 Å². The number of primary amides is 1. The summed E-state index contributed by atoms with van der Waals surface area (Å²) in [7, 11) is 0. The van der Waals surface area contributed by atoms with Crippen LogP contribution in [0.25, 0.3) is 0 Å². The molecule has 1 aromatic rings. The molecule has 1 rings (SSSR count). The second kappa shape index (κ2) is 7.11. The number of hydrogen-bond acceptors (Lipinski definition) is 2. The predicted octanol–water partition coefficient (Wildman–Crippen LogP) is 2.19. The quantitative estimate of drug-likeness (QED) is 0.731. The van der Waals surface area contributed by atoms with E-state index in [-0.39, 0.29) is 11.7 Å². The normalized spacial score (nSPS) is 10.6. The van der Waals surface area contributed by atoms with Crippen LogP contribution >= 0.6 is 0 Å². The number of unbranched alkanes of at least 4 members (excludes halogenated alkanes) is 1. The highest BCUT2D eigenvalue weighted by Crippen LogP contribution is 2.14. The second-order valence-corrected chi connectivity index (χ2v) is 4.64. The SMILES string of the molecule is Cc1cc(CNCCCCC(N)=O)cc(C)c1F. The molecule has 3 nitrogen and oxygen atoms in total. The van der Waals surface area contributed by atoms with Gasteiger partial charge in [0.25, 0.3) is 0 Å². The first-order valence-corrected chi connectivity index (χ1v) is 6.25. The first-order valence-electron chi connectivity index (χ1n) is 6.25. The molecule has 0 spiro atoms. The zero-order valence-corrected chi connectivity index (χ0v) is 11.1. The summed E-state index contributed by atoms with van der Waals surface area (Å²) in [6, 6.07) is 3.72. The average Bonchev–Trinajstić information content (AvgIpc) is 2.30. The molecule has 0 aliphatic carbocycles. The van der Waals surface area contributed by atoms with Gasteiger partial charge in [-0.25, -0.2) is 4.39 Å². The Kier molecular flexibility index (Phi) is 5.78. The molecule has 0 saturated carbocycles. The lowest BCUT2D eigenvalue weighted by molar-refractivity contribution is -0.118. The Balaban J connectivity index is 2.29. The van der Waals surface area contributed by atoms with Crippen molar-refractivity contribution in [3.05, 3.63) is 34.6 Å². The topological polar surface area (TPSA) is 55.1 Å². The van der Waals surface area contributed by atoms with Crippen molar-refractivity contribution in [2.24, 2.45) is 5.73 Å². The lowest BCUT2D eigenvalue weighted by Crippen LogP contribution is -2.16. The molecule has 1 amide bonds. The third-order valence-corrected chi connectivity index (χ3v) is 2.85. The minimum Gasteiger partial charge on any atom is -0.370 e. The Labute approximate surface area is 108 Å². The molecule has 3 N–H and O–H groups in total. The van der Waals surface area contributed by atoms with E-state index in [9.17, 15) is 9.18 Å². The summed E-state index contributed by atoms with van der Waals surface area (Å²) in [5.74, 6) is -0.375. The summed E-state index contributed by atoms with van der Waals surface area (Å²) in [5, 5.41) is 3.27. The van der Waals surface area contributed by atoms with Gasteiger partial charge >= 0.3 is 0 Å². The van der Waals surface area contributed by atoms with Crippen LogP contribution in [0.2, 0.25) is 0 Å². The number of hydrogen-bond donors (Lipinski definition) is 2. The standard InChI is InChI=1S/C14H21FN2O/c1-10-7-12(8-11(2)14(10)15)9-17-6-4-3-5-13(16)18/h7-8,17H,3-6,9H2,1-2H3,(H2,16,18). The lowest BCUT2D eigenvalue weighted by atomic mass is 10.1. The van der Waals surface area contributed by atoms with Gasteiger partial charge in [0.1, 0.15) is 5.82 Å². The molecule has 4 heteroatoms. The van der Waals surface area contributed by atoms with Crippen LogP contribution in [0.1, 0.15) is 36.0 Å². The molecule has 0 saturated heterocycles. The summed E-state index contributed by atoms with van der Waals surface area (Å²) in [6.45, 7) is 5.11. The zero-order valence-electron chi connectivity index (χ0n) is 11.1. The predicted molar refractivity (Wildman–Crippen MR) is 70.6 cm³/mol. The highest BCUT2D eigenvalue weighted by molar-refractivity contribution is 5.73. The highest BCUT2D eigenvalue weighted by Gasteiger charge is 2.03. The zero-order chi connectivity index (χ0) is 13.5. The van der Waals surface area contributed by atoms with E-state index in [1.54, 1.807) is 13.8 Å². The second-order valence-electron chi connectivity index (χ2n) is 4.64. The molecule has 1 aromatic carbocycles. The van der Waals surface area contributed by atoms with E-state index in [2.05, 4.69) is 5.32 Å². The van der Waals surface area contributed by atoms with Gasteiger partial charge in [-0.3, -0.25) is 4.79 Å². The molecule has 0 heterocycles. The number of aryl methyl sites for hydroxylation is 2. The Morgan fingerprint density at radius 2 is 1.89 bits per heavy atom. The van der Waals surface area contributed by atoms with Crippen molar-refractivity contribution in [1.82, 2.24) is 5.32 Å². The Morgan fingerprint density at radius 1 is 1.28 bits per heavy atom. The van der Waals surface area contributed by atoms with Crippen LogP contribution in [0.5, 0.6) is 0 Å². The first kappa shape index (κ1) is 14.6. The maximum absolute atomic E-state index is 13.4. The third kappa shape index (κ3) is 4.84. The minimum absolute atomic E-state index is 0.125. The molecular formula is C14H21FN2O. The fourth-order valence-electron chi connectivity index (χ4n) is 1.92. The van der Waals surface area contributed by atoms with Gasteiger partial charge in [0, 0.05) is 13.0 Å². The summed E-state index contributed by atoms with van der Waals surface area (Å²) in [4.78, 5) is 10.5. The van der Waals surface area contributed by atoms with Gasteiger partial charge in [0.05, 0.1) is 0 Å². The van der Waals surface area contributed by atoms with Gasteiger partial charge in [-0.1, -0.05) is 12.1 Å². The maximum atomic E-state index is 13.4. The van der Waals surface area contributed by atoms with Gasteiger partial charge in [0.15, 0.2) is 0 Å². The van der Waals surface area contributed by atoms with Crippen LogP contribution < -0.4 is 11.1 Å². The van der Waals surface area contributed by atoms with Crippen LogP contribution in [0.3, 0.4) is 0 Å². The van der Waals surface area contributed by atoms with E-state index < -0.39 is 0 Å². The molecule has 0 unspecified atom stereocenters. The molecule has 0 radical (unpaired) electrons. The number of nitrogens with one attached hydrogen (secondary N) is 1. The minimum atomic E-state index is -0.250. The first-order chi connectivity index (χ1) is 8.50. The number of amides is 1. The van der Waals surface area contributed by atoms with Gasteiger partial charge in [-0.15, -0.1) is 0 Å². The fraction of sp³-hybridized carbons (Fsp3) is 0.500. The van der Waals surface area contributed by atoms with Gasteiger partial charge in [0.2, 0.25) is 5.91 Å². The molecule has 0 fully saturated rings. The largest absolute Gasteiger partial charge is 0.370 e. The lowest BCUT2D eigenvalue weighted by Gasteiger charge is -2.08. The van der Waals surface area contributed by atoms with Crippen molar-refractivity contribution < 1.29 is 9.18 Å². The highest BCUT2D eigenvalue weighted by atomic mass is 19.1. The summed E-state index contributed by atoms with van der Waals surface area (Å²) in [6.07, 6.45) is 2.17. The van der Waals surface area contributed by atoms with Crippen LogP contribution in [-0.2, 0) is 11.3 Å². The number of nitrogens with two attached hydrogens (primary N) is 1. The molecule has 0 aliphatic rings. The monoisotopic (exact) mass is 252 g/mol. The molecule has 0 atom stereocenters. The van der Waals surface area contributed by atoms with Crippen molar-refractivity contribution in [2.45, 2.75) is 39.7 Å². The van der Waals surface area contributed by atoms with Crippen molar-refractivity contribution in [1.29, 1.82) is 0 Å².